The number of pyridine rings is 1. The number of carbonyl (C=O) groups is 1. The summed E-state index contributed by atoms with van der Waals surface area (Å²) in [6.07, 6.45) is 3.60. The number of hydrogen-bond acceptors (Lipinski definition) is 4. The molecule has 37 heavy (non-hydrogen) atoms. The van der Waals surface area contributed by atoms with Crippen molar-refractivity contribution in [2.75, 3.05) is 6.54 Å². The van der Waals surface area contributed by atoms with Crippen LogP contribution >= 0.6 is 23.4 Å². The molecule has 0 bridgehead atoms. The second-order valence-corrected chi connectivity index (χ2v) is 10.3. The van der Waals surface area contributed by atoms with Crippen LogP contribution in [0.25, 0.3) is 11.0 Å². The molecule has 5 rings (SSSR count). The summed E-state index contributed by atoms with van der Waals surface area (Å²) in [5, 5.41) is 4.71. The van der Waals surface area contributed by atoms with Crippen LogP contribution in [0.1, 0.15) is 39.9 Å². The van der Waals surface area contributed by atoms with Gasteiger partial charge in [0.05, 0.1) is 23.8 Å². The van der Waals surface area contributed by atoms with Crippen LogP contribution in [-0.4, -0.2) is 27.0 Å². The van der Waals surface area contributed by atoms with Crippen molar-refractivity contribution in [2.45, 2.75) is 30.3 Å². The fourth-order valence-electron chi connectivity index (χ4n) is 4.16. The molecule has 3 aromatic carbocycles. The zero-order chi connectivity index (χ0) is 25.6. The molecular formula is C30H27ClN4OS. The molecule has 1 N–H and O–H groups in total. The number of thioether (sulfide) groups is 1. The quantitative estimate of drug-likeness (QED) is 0.211. The van der Waals surface area contributed by atoms with Crippen molar-refractivity contribution in [2.24, 2.45) is 0 Å². The monoisotopic (exact) mass is 526 g/mol. The van der Waals surface area contributed by atoms with E-state index in [-0.39, 0.29) is 11.8 Å². The van der Waals surface area contributed by atoms with Crippen LogP contribution in [-0.2, 0) is 12.3 Å². The molecule has 2 heterocycles. The molecule has 0 radical (unpaired) electrons. The first kappa shape index (κ1) is 25.1. The second kappa shape index (κ2) is 11.6. The van der Waals surface area contributed by atoms with Gasteiger partial charge in [0.1, 0.15) is 0 Å². The van der Waals surface area contributed by atoms with Crippen molar-refractivity contribution in [3.8, 4) is 0 Å². The molecule has 5 nitrogen and oxygen atoms in total. The van der Waals surface area contributed by atoms with Crippen LogP contribution in [0.15, 0.2) is 102 Å². The Hall–Kier alpha value is -3.61. The molecule has 0 saturated heterocycles. The maximum absolute atomic E-state index is 12.7. The summed E-state index contributed by atoms with van der Waals surface area (Å²) in [7, 11) is 0. The van der Waals surface area contributed by atoms with E-state index >= 15 is 0 Å². The highest BCUT2D eigenvalue weighted by atomic mass is 35.5. The minimum Gasteiger partial charge on any atom is -0.351 e. The van der Waals surface area contributed by atoms with Crippen molar-refractivity contribution >= 4 is 40.3 Å². The van der Waals surface area contributed by atoms with Gasteiger partial charge in [0.25, 0.3) is 5.91 Å². The number of imidazole rings is 1. The van der Waals surface area contributed by atoms with Crippen molar-refractivity contribution in [1.82, 2.24) is 19.9 Å². The van der Waals surface area contributed by atoms with Gasteiger partial charge < -0.3 is 9.88 Å². The lowest BCUT2D eigenvalue weighted by Crippen LogP contribution is -2.27. The van der Waals surface area contributed by atoms with Gasteiger partial charge in [0.15, 0.2) is 5.16 Å². The van der Waals surface area contributed by atoms with Crippen molar-refractivity contribution < 1.29 is 4.79 Å². The molecule has 5 aromatic rings. The summed E-state index contributed by atoms with van der Waals surface area (Å²) >= 11 is 8.02. The predicted octanol–water partition coefficient (Wildman–Crippen LogP) is 6.96. The topological polar surface area (TPSA) is 59.8 Å². The van der Waals surface area contributed by atoms with E-state index < -0.39 is 0 Å². The van der Waals surface area contributed by atoms with E-state index in [0.717, 1.165) is 38.1 Å². The summed E-state index contributed by atoms with van der Waals surface area (Å²) in [5.74, 6) is 0.897. The van der Waals surface area contributed by atoms with Gasteiger partial charge in [-0.2, -0.15) is 0 Å². The Morgan fingerprint density at radius 2 is 1.76 bits per heavy atom. The fraction of sp³-hybridized carbons (Fsp3) is 0.167. The summed E-state index contributed by atoms with van der Waals surface area (Å²) in [4.78, 5) is 21.9. The average Bonchev–Trinajstić information content (AvgIpc) is 3.29. The maximum Gasteiger partial charge on any atom is 0.251 e. The molecule has 0 saturated carbocycles. The molecule has 186 valence electrons. The smallest absolute Gasteiger partial charge is 0.251 e. The molecule has 7 heteroatoms. The predicted molar refractivity (Wildman–Crippen MR) is 151 cm³/mol. The molecule has 0 aliphatic heterocycles. The molecule has 2 aromatic heterocycles. The number of rotatable bonds is 9. The van der Waals surface area contributed by atoms with Gasteiger partial charge in [0, 0.05) is 29.1 Å². The third-order valence-corrected chi connectivity index (χ3v) is 7.72. The van der Waals surface area contributed by atoms with Crippen LogP contribution in [0.2, 0.25) is 5.02 Å². The van der Waals surface area contributed by atoms with Crippen molar-refractivity contribution in [3.63, 3.8) is 0 Å². The van der Waals surface area contributed by atoms with E-state index in [9.17, 15) is 4.79 Å². The third kappa shape index (κ3) is 6.04. The molecular weight excluding hydrogens is 500 g/mol. The number of carbonyl (C=O) groups excluding carboxylic acids is 1. The first-order valence-corrected chi connectivity index (χ1v) is 13.5. The van der Waals surface area contributed by atoms with Crippen molar-refractivity contribution in [1.29, 1.82) is 0 Å². The Kier molecular flexibility index (Phi) is 7.87. The van der Waals surface area contributed by atoms with Gasteiger partial charge in [0.2, 0.25) is 0 Å². The standard InChI is InChI=1S/C30H27ClN4OS/c1-21(23-7-3-2-4-8-23)17-33-29(36)24-13-11-22(12-14-24)19-35-28-18-32-16-15-27(28)34-30(35)37-20-25-9-5-6-10-26(25)31/h2-16,18,21H,17,19-20H2,1H3,(H,33,36)/t21-/m0/s1. The summed E-state index contributed by atoms with van der Waals surface area (Å²) in [6, 6.07) is 27.8. The molecule has 0 unspecified atom stereocenters. The Bertz CT molecular complexity index is 1500. The van der Waals surface area contributed by atoms with E-state index in [4.69, 9.17) is 16.6 Å². The fourth-order valence-corrected chi connectivity index (χ4v) is 5.46. The number of fused-ring (bicyclic) bond motifs is 1. The largest absolute Gasteiger partial charge is 0.351 e. The molecule has 0 aliphatic carbocycles. The molecule has 0 fully saturated rings. The van der Waals surface area contributed by atoms with Crippen LogP contribution in [0.4, 0.5) is 0 Å². The van der Waals surface area contributed by atoms with Crippen molar-refractivity contribution in [3.05, 3.63) is 125 Å². The number of benzene rings is 3. The van der Waals surface area contributed by atoms with E-state index in [1.54, 1.807) is 18.0 Å². The van der Waals surface area contributed by atoms with Gasteiger partial charge >= 0.3 is 0 Å². The van der Waals surface area contributed by atoms with Crippen LogP contribution in [0, 0.1) is 0 Å². The summed E-state index contributed by atoms with van der Waals surface area (Å²) in [5.41, 5.74) is 5.89. The van der Waals surface area contributed by atoms with Crippen LogP contribution < -0.4 is 5.32 Å². The zero-order valence-electron chi connectivity index (χ0n) is 20.5. The third-order valence-electron chi connectivity index (χ3n) is 6.32. The molecule has 1 amide bonds. The Morgan fingerprint density at radius 3 is 2.54 bits per heavy atom. The van der Waals surface area contributed by atoms with E-state index in [2.05, 4.69) is 33.9 Å². The van der Waals surface area contributed by atoms with Crippen LogP contribution in [0.3, 0.4) is 0 Å². The van der Waals surface area contributed by atoms with E-state index in [1.165, 1.54) is 5.56 Å². The Morgan fingerprint density at radius 1 is 1.00 bits per heavy atom. The maximum atomic E-state index is 12.7. The normalized spacial score (nSPS) is 11.9. The highest BCUT2D eigenvalue weighted by Crippen LogP contribution is 2.29. The highest BCUT2D eigenvalue weighted by Gasteiger charge is 2.14. The summed E-state index contributed by atoms with van der Waals surface area (Å²) < 4.78 is 2.17. The number of nitrogens with one attached hydrogen (secondary N) is 1. The Labute approximate surface area is 225 Å². The molecule has 1 atom stereocenters. The molecule has 0 spiro atoms. The number of hydrogen-bond donors (Lipinski definition) is 1. The molecule has 0 aliphatic rings. The minimum atomic E-state index is -0.0670. The minimum absolute atomic E-state index is 0.0670. The number of nitrogens with zero attached hydrogens (tertiary/aromatic N) is 3. The van der Waals surface area contributed by atoms with Gasteiger partial charge in [-0.1, -0.05) is 91.0 Å². The lowest BCUT2D eigenvalue weighted by molar-refractivity contribution is 0.0951. The lowest BCUT2D eigenvalue weighted by Gasteiger charge is -2.13. The lowest BCUT2D eigenvalue weighted by atomic mass is 10.0. The Balaban J connectivity index is 1.28. The first-order chi connectivity index (χ1) is 18.1. The van der Waals surface area contributed by atoms with Crippen LogP contribution in [0.5, 0.6) is 0 Å². The van der Waals surface area contributed by atoms with E-state index in [1.807, 2.05) is 79.0 Å². The average molecular weight is 527 g/mol. The zero-order valence-corrected chi connectivity index (χ0v) is 22.0. The number of halogens is 1. The number of amides is 1. The van der Waals surface area contributed by atoms with Gasteiger partial charge in [-0.15, -0.1) is 0 Å². The van der Waals surface area contributed by atoms with Gasteiger partial charge in [-0.05, 0) is 46.9 Å². The number of aromatic nitrogens is 3. The summed E-state index contributed by atoms with van der Waals surface area (Å²) in [6.45, 7) is 3.33. The van der Waals surface area contributed by atoms with Gasteiger partial charge in [-0.25, -0.2) is 4.98 Å². The highest BCUT2D eigenvalue weighted by molar-refractivity contribution is 7.98. The van der Waals surface area contributed by atoms with Gasteiger partial charge in [-0.3, -0.25) is 9.78 Å². The second-order valence-electron chi connectivity index (χ2n) is 8.94. The first-order valence-electron chi connectivity index (χ1n) is 12.2. The SMILES string of the molecule is C[C@@H](CNC(=O)c1ccc(Cn2c(SCc3ccccc3Cl)nc3ccncc32)cc1)c1ccccc1. The van der Waals surface area contributed by atoms with E-state index in [0.29, 0.717) is 18.7 Å².